The Morgan fingerprint density at radius 3 is 2.95 bits per heavy atom. The second-order valence-electron chi connectivity index (χ2n) is 4.72. The Balaban J connectivity index is 2.12. The summed E-state index contributed by atoms with van der Waals surface area (Å²) >= 11 is 0. The standard InChI is InChI=1S/C15H16N2O5/c1-2-3-4-11(15(20)21)17-14(19)9-5-6-10-12(7-9)22-8-13(18)16-10/h2-3,5-7,11H,4,8H2,1H3,(H,16,18)(H,17,19)(H,20,21)/b3-2+. The van der Waals surface area contributed by atoms with Crippen molar-refractivity contribution in [3.8, 4) is 5.75 Å². The van der Waals surface area contributed by atoms with Crippen molar-refractivity contribution in [3.05, 3.63) is 35.9 Å². The van der Waals surface area contributed by atoms with Crippen LogP contribution < -0.4 is 15.4 Å². The first-order chi connectivity index (χ1) is 10.5. The minimum Gasteiger partial charge on any atom is -0.482 e. The SMILES string of the molecule is C/C=C/CC(NC(=O)c1ccc2c(c1)OCC(=O)N2)C(=O)O. The zero-order valence-electron chi connectivity index (χ0n) is 12.0. The van der Waals surface area contributed by atoms with Gasteiger partial charge in [-0.2, -0.15) is 0 Å². The third kappa shape index (κ3) is 3.63. The molecule has 22 heavy (non-hydrogen) atoms. The minimum absolute atomic E-state index is 0.114. The number of fused-ring (bicyclic) bond motifs is 1. The van der Waals surface area contributed by atoms with Crippen LogP contribution in [0, 0.1) is 0 Å². The maximum absolute atomic E-state index is 12.1. The first kappa shape index (κ1) is 15.6. The van der Waals surface area contributed by atoms with Crippen LogP contribution in [0.1, 0.15) is 23.7 Å². The Hall–Kier alpha value is -2.83. The lowest BCUT2D eigenvalue weighted by atomic mass is 10.1. The molecule has 1 heterocycles. The molecular weight excluding hydrogens is 288 g/mol. The van der Waals surface area contributed by atoms with Crippen molar-refractivity contribution in [2.45, 2.75) is 19.4 Å². The molecule has 0 saturated carbocycles. The smallest absolute Gasteiger partial charge is 0.326 e. The summed E-state index contributed by atoms with van der Waals surface area (Å²) in [5, 5.41) is 14.2. The highest BCUT2D eigenvalue weighted by molar-refractivity contribution is 6.00. The highest BCUT2D eigenvalue weighted by atomic mass is 16.5. The van der Waals surface area contributed by atoms with E-state index in [0.29, 0.717) is 11.4 Å². The van der Waals surface area contributed by atoms with Crippen molar-refractivity contribution in [1.82, 2.24) is 5.32 Å². The van der Waals surface area contributed by atoms with E-state index in [1.54, 1.807) is 25.1 Å². The van der Waals surface area contributed by atoms with Crippen LogP contribution in [0.25, 0.3) is 0 Å². The van der Waals surface area contributed by atoms with E-state index in [4.69, 9.17) is 9.84 Å². The fourth-order valence-corrected chi connectivity index (χ4v) is 1.95. The van der Waals surface area contributed by atoms with Gasteiger partial charge < -0.3 is 20.5 Å². The molecule has 0 spiro atoms. The molecule has 1 aliphatic heterocycles. The molecule has 116 valence electrons. The van der Waals surface area contributed by atoms with Crippen molar-refractivity contribution >= 4 is 23.5 Å². The fourth-order valence-electron chi connectivity index (χ4n) is 1.95. The van der Waals surface area contributed by atoms with E-state index in [2.05, 4.69) is 10.6 Å². The molecular formula is C15H16N2O5. The van der Waals surface area contributed by atoms with Crippen molar-refractivity contribution in [1.29, 1.82) is 0 Å². The number of benzene rings is 1. The highest BCUT2D eigenvalue weighted by Gasteiger charge is 2.21. The molecule has 0 saturated heterocycles. The summed E-state index contributed by atoms with van der Waals surface area (Å²) in [6, 6.07) is 3.51. The summed E-state index contributed by atoms with van der Waals surface area (Å²) < 4.78 is 5.22. The molecule has 7 nitrogen and oxygen atoms in total. The lowest BCUT2D eigenvalue weighted by Crippen LogP contribution is -2.40. The van der Waals surface area contributed by atoms with E-state index in [-0.39, 0.29) is 24.5 Å². The zero-order chi connectivity index (χ0) is 16.1. The maximum Gasteiger partial charge on any atom is 0.326 e. The molecule has 2 amide bonds. The first-order valence-corrected chi connectivity index (χ1v) is 6.72. The second-order valence-corrected chi connectivity index (χ2v) is 4.72. The molecule has 0 fully saturated rings. The van der Waals surface area contributed by atoms with Crippen LogP contribution in [0.3, 0.4) is 0 Å². The lowest BCUT2D eigenvalue weighted by Gasteiger charge is -2.19. The Bertz CT molecular complexity index is 639. The number of amides is 2. The molecule has 0 aliphatic carbocycles. The molecule has 2 rings (SSSR count). The number of carboxylic acid groups (broad SMARTS) is 1. The van der Waals surface area contributed by atoms with Crippen LogP contribution in [-0.4, -0.2) is 35.5 Å². The van der Waals surface area contributed by atoms with Crippen LogP contribution in [0.4, 0.5) is 5.69 Å². The summed E-state index contributed by atoms with van der Waals surface area (Å²) in [5.74, 6) is -1.50. The Kier molecular flexibility index (Phi) is 4.77. The van der Waals surface area contributed by atoms with Crippen LogP contribution in [0.5, 0.6) is 5.75 Å². The van der Waals surface area contributed by atoms with Gasteiger partial charge in [-0.15, -0.1) is 0 Å². The van der Waals surface area contributed by atoms with Gasteiger partial charge in [0, 0.05) is 5.56 Å². The number of rotatable bonds is 5. The summed E-state index contributed by atoms with van der Waals surface area (Å²) in [5.41, 5.74) is 0.748. The van der Waals surface area contributed by atoms with Gasteiger partial charge in [0.05, 0.1) is 5.69 Å². The molecule has 1 atom stereocenters. The predicted molar refractivity (Wildman–Crippen MR) is 78.9 cm³/mol. The molecule has 1 aromatic carbocycles. The topological polar surface area (TPSA) is 105 Å². The van der Waals surface area contributed by atoms with Gasteiger partial charge in [-0.25, -0.2) is 4.79 Å². The summed E-state index contributed by atoms with van der Waals surface area (Å²) in [6.07, 6.45) is 3.59. The minimum atomic E-state index is -1.10. The van der Waals surface area contributed by atoms with Crippen LogP contribution in [0.15, 0.2) is 30.4 Å². The van der Waals surface area contributed by atoms with Gasteiger partial charge in [0.15, 0.2) is 6.61 Å². The number of anilines is 1. The molecule has 7 heteroatoms. The lowest BCUT2D eigenvalue weighted by molar-refractivity contribution is -0.139. The second kappa shape index (κ2) is 6.75. The van der Waals surface area contributed by atoms with Gasteiger partial charge in [0.2, 0.25) is 0 Å². The number of hydrogen-bond acceptors (Lipinski definition) is 4. The number of aliphatic carboxylic acids is 1. The average molecular weight is 304 g/mol. The quantitative estimate of drug-likeness (QED) is 0.708. The summed E-state index contributed by atoms with van der Waals surface area (Å²) in [6.45, 7) is 1.66. The highest BCUT2D eigenvalue weighted by Crippen LogP contribution is 2.28. The van der Waals surface area contributed by atoms with E-state index in [9.17, 15) is 14.4 Å². The Morgan fingerprint density at radius 2 is 2.27 bits per heavy atom. The largest absolute Gasteiger partial charge is 0.482 e. The van der Waals surface area contributed by atoms with Gasteiger partial charge in [-0.3, -0.25) is 9.59 Å². The number of carboxylic acids is 1. The number of ether oxygens (including phenoxy) is 1. The molecule has 3 N–H and O–H groups in total. The van der Waals surface area contributed by atoms with Gasteiger partial charge in [-0.1, -0.05) is 12.2 Å². The molecule has 1 unspecified atom stereocenters. The van der Waals surface area contributed by atoms with Gasteiger partial charge >= 0.3 is 5.97 Å². The van der Waals surface area contributed by atoms with Crippen molar-refractivity contribution in [2.75, 3.05) is 11.9 Å². The molecule has 0 aromatic heterocycles. The monoisotopic (exact) mass is 304 g/mol. The number of hydrogen-bond donors (Lipinski definition) is 3. The molecule has 0 radical (unpaired) electrons. The zero-order valence-corrected chi connectivity index (χ0v) is 12.0. The Morgan fingerprint density at radius 1 is 1.50 bits per heavy atom. The third-order valence-electron chi connectivity index (χ3n) is 3.09. The van der Waals surface area contributed by atoms with Crippen molar-refractivity contribution in [2.24, 2.45) is 0 Å². The average Bonchev–Trinajstić information content (AvgIpc) is 2.50. The normalized spacial score (nSPS) is 14.7. The molecule has 1 aliphatic rings. The van der Waals surface area contributed by atoms with Crippen LogP contribution >= 0.6 is 0 Å². The van der Waals surface area contributed by atoms with E-state index in [0.717, 1.165) is 0 Å². The van der Waals surface area contributed by atoms with E-state index in [1.807, 2.05) is 0 Å². The fraction of sp³-hybridized carbons (Fsp3) is 0.267. The number of allylic oxidation sites excluding steroid dienone is 1. The van der Waals surface area contributed by atoms with E-state index < -0.39 is 17.9 Å². The summed E-state index contributed by atoms with van der Waals surface area (Å²) in [7, 11) is 0. The maximum atomic E-state index is 12.1. The first-order valence-electron chi connectivity index (χ1n) is 6.72. The predicted octanol–water partition coefficient (Wildman–Crippen LogP) is 1.17. The van der Waals surface area contributed by atoms with Crippen molar-refractivity contribution in [3.63, 3.8) is 0 Å². The molecule has 1 aromatic rings. The number of nitrogens with one attached hydrogen (secondary N) is 2. The van der Waals surface area contributed by atoms with Gasteiger partial charge in [0.1, 0.15) is 11.8 Å². The van der Waals surface area contributed by atoms with Crippen LogP contribution in [0.2, 0.25) is 0 Å². The van der Waals surface area contributed by atoms with Gasteiger partial charge in [0.25, 0.3) is 11.8 Å². The Labute approximate surface area is 127 Å². The number of carbonyl (C=O) groups excluding carboxylic acids is 2. The summed E-state index contributed by atoms with van der Waals surface area (Å²) in [4.78, 5) is 34.4. The van der Waals surface area contributed by atoms with Crippen LogP contribution in [-0.2, 0) is 9.59 Å². The number of carbonyl (C=O) groups is 3. The van der Waals surface area contributed by atoms with E-state index in [1.165, 1.54) is 12.1 Å². The third-order valence-corrected chi connectivity index (χ3v) is 3.09. The van der Waals surface area contributed by atoms with E-state index >= 15 is 0 Å². The van der Waals surface area contributed by atoms with Crippen molar-refractivity contribution < 1.29 is 24.2 Å². The van der Waals surface area contributed by atoms with Gasteiger partial charge in [-0.05, 0) is 31.5 Å². The molecule has 0 bridgehead atoms.